The molecule has 0 saturated carbocycles. The Morgan fingerprint density at radius 3 is 2.75 bits per heavy atom. The van der Waals surface area contributed by atoms with E-state index in [1.807, 2.05) is 6.92 Å². The minimum Gasteiger partial charge on any atom is -0.311 e. The van der Waals surface area contributed by atoms with Gasteiger partial charge in [0.15, 0.2) is 0 Å². The zero-order valence-electron chi connectivity index (χ0n) is 8.86. The molecule has 1 aromatic rings. The molecule has 2 rings (SSSR count). The van der Waals surface area contributed by atoms with E-state index in [0.717, 1.165) is 13.1 Å². The van der Waals surface area contributed by atoms with E-state index in [0.29, 0.717) is 15.1 Å². The number of hydrogen-bond acceptors (Lipinski definition) is 2. The summed E-state index contributed by atoms with van der Waals surface area (Å²) in [6.45, 7) is 3.77. The van der Waals surface area contributed by atoms with Gasteiger partial charge in [-0.15, -0.1) is 0 Å². The average Bonchev–Trinajstić information content (AvgIpc) is 2.24. The molecule has 0 aromatic heterocycles. The largest absolute Gasteiger partial charge is 0.311 e. The summed E-state index contributed by atoms with van der Waals surface area (Å²) in [6.07, 6.45) is 0. The van der Waals surface area contributed by atoms with Crippen molar-refractivity contribution in [2.45, 2.75) is 19.0 Å². The summed E-state index contributed by atoms with van der Waals surface area (Å²) in [4.78, 5) is 0. The number of halogens is 3. The van der Waals surface area contributed by atoms with E-state index < -0.39 is 0 Å². The first-order chi connectivity index (χ1) is 7.59. The molecule has 0 unspecified atom stereocenters. The van der Waals surface area contributed by atoms with Gasteiger partial charge in [-0.2, -0.15) is 0 Å². The van der Waals surface area contributed by atoms with Crippen molar-refractivity contribution in [1.82, 2.24) is 10.6 Å². The summed E-state index contributed by atoms with van der Waals surface area (Å²) >= 11 is 9.12. The zero-order chi connectivity index (χ0) is 11.7. The van der Waals surface area contributed by atoms with Gasteiger partial charge in [0.05, 0.1) is 10.5 Å². The lowest BCUT2D eigenvalue weighted by molar-refractivity contribution is 0.337. The smallest absolute Gasteiger partial charge is 0.142 e. The predicted octanol–water partition coefficient (Wildman–Crippen LogP) is 2.86. The highest BCUT2D eigenvalue weighted by molar-refractivity contribution is 9.10. The molecule has 1 saturated heterocycles. The third-order valence-electron chi connectivity index (χ3n) is 2.81. The molecule has 0 amide bonds. The maximum absolute atomic E-state index is 14.0. The number of hydrogen-bond donors (Lipinski definition) is 2. The monoisotopic (exact) mass is 306 g/mol. The van der Waals surface area contributed by atoms with Gasteiger partial charge in [0.1, 0.15) is 5.82 Å². The fraction of sp³-hybridized carbons (Fsp3) is 0.455. The summed E-state index contributed by atoms with van der Waals surface area (Å²) in [5.41, 5.74) is 0.610. The van der Waals surface area contributed by atoms with Gasteiger partial charge in [-0.1, -0.05) is 11.6 Å². The second-order valence-electron chi connectivity index (χ2n) is 3.97. The van der Waals surface area contributed by atoms with Gasteiger partial charge in [0.25, 0.3) is 0 Å². The summed E-state index contributed by atoms with van der Waals surface area (Å²) in [7, 11) is 0. The van der Waals surface area contributed by atoms with Crippen LogP contribution in [0.15, 0.2) is 16.6 Å². The summed E-state index contributed by atoms with van der Waals surface area (Å²) in [5, 5.41) is 7.15. The summed E-state index contributed by atoms with van der Waals surface area (Å²) < 4.78 is 14.4. The van der Waals surface area contributed by atoms with Gasteiger partial charge in [-0.05, 0) is 35.0 Å². The molecule has 1 fully saturated rings. The Bertz CT molecular complexity index is 400. The van der Waals surface area contributed by atoms with Gasteiger partial charge in [0, 0.05) is 29.7 Å². The summed E-state index contributed by atoms with van der Waals surface area (Å²) in [5.74, 6) is -0.238. The van der Waals surface area contributed by atoms with E-state index in [4.69, 9.17) is 11.6 Å². The first kappa shape index (κ1) is 12.3. The lowest BCUT2D eigenvalue weighted by atomic mass is 9.98. The van der Waals surface area contributed by atoms with Crippen LogP contribution in [-0.4, -0.2) is 19.1 Å². The Hall–Kier alpha value is -0.160. The van der Waals surface area contributed by atoms with Crippen molar-refractivity contribution in [1.29, 1.82) is 0 Å². The van der Waals surface area contributed by atoms with E-state index in [1.54, 1.807) is 12.1 Å². The van der Waals surface area contributed by atoms with Crippen LogP contribution in [0.25, 0.3) is 0 Å². The van der Waals surface area contributed by atoms with Crippen molar-refractivity contribution in [3.05, 3.63) is 33.0 Å². The third-order valence-corrected chi connectivity index (χ3v) is 3.61. The van der Waals surface area contributed by atoms with E-state index >= 15 is 0 Å². The maximum Gasteiger partial charge on any atom is 0.142 e. The number of nitrogens with one attached hydrogen (secondary N) is 2. The minimum atomic E-state index is -0.238. The Morgan fingerprint density at radius 2 is 2.06 bits per heavy atom. The Labute approximate surface area is 108 Å². The second kappa shape index (κ2) is 5.00. The molecular weight excluding hydrogens is 294 g/mol. The molecule has 1 heterocycles. The van der Waals surface area contributed by atoms with Crippen molar-refractivity contribution in [2.75, 3.05) is 13.1 Å². The molecule has 2 atom stereocenters. The average molecular weight is 308 g/mol. The molecule has 2 nitrogen and oxygen atoms in total. The number of piperazine rings is 1. The van der Waals surface area contributed by atoms with Crippen LogP contribution in [0.2, 0.25) is 5.02 Å². The van der Waals surface area contributed by atoms with Gasteiger partial charge >= 0.3 is 0 Å². The van der Waals surface area contributed by atoms with E-state index in [9.17, 15) is 4.39 Å². The van der Waals surface area contributed by atoms with Crippen molar-refractivity contribution < 1.29 is 4.39 Å². The molecule has 0 spiro atoms. The molecule has 5 heteroatoms. The predicted molar refractivity (Wildman–Crippen MR) is 67.3 cm³/mol. The summed E-state index contributed by atoms with van der Waals surface area (Å²) in [6, 6.07) is 3.40. The van der Waals surface area contributed by atoms with E-state index in [-0.39, 0.29) is 17.9 Å². The highest BCUT2D eigenvalue weighted by Gasteiger charge is 2.25. The van der Waals surface area contributed by atoms with Crippen LogP contribution >= 0.6 is 27.5 Å². The van der Waals surface area contributed by atoms with Crippen molar-refractivity contribution in [3.8, 4) is 0 Å². The SMILES string of the molecule is C[C@@H]1NCCN[C@H]1c1cc(Cl)cc(Br)c1F. The molecule has 1 aromatic carbocycles. The Kier molecular flexibility index (Phi) is 3.85. The second-order valence-corrected chi connectivity index (χ2v) is 5.26. The number of rotatable bonds is 1. The van der Waals surface area contributed by atoms with Crippen LogP contribution in [-0.2, 0) is 0 Å². The van der Waals surface area contributed by atoms with Crippen LogP contribution in [0, 0.1) is 5.82 Å². The molecule has 0 aliphatic carbocycles. The fourth-order valence-corrected chi connectivity index (χ4v) is 2.84. The van der Waals surface area contributed by atoms with Gasteiger partial charge in [-0.3, -0.25) is 0 Å². The quantitative estimate of drug-likeness (QED) is 0.780. The first-order valence-electron chi connectivity index (χ1n) is 5.21. The topological polar surface area (TPSA) is 24.1 Å². The lowest BCUT2D eigenvalue weighted by Crippen LogP contribution is -2.49. The van der Waals surface area contributed by atoms with Gasteiger partial charge in [0.2, 0.25) is 0 Å². The fourth-order valence-electron chi connectivity index (χ4n) is 2.00. The van der Waals surface area contributed by atoms with Gasteiger partial charge in [-0.25, -0.2) is 4.39 Å². The van der Waals surface area contributed by atoms with E-state index in [1.165, 1.54) is 0 Å². The van der Waals surface area contributed by atoms with Crippen LogP contribution in [0.3, 0.4) is 0 Å². The molecule has 2 N–H and O–H groups in total. The zero-order valence-corrected chi connectivity index (χ0v) is 11.2. The van der Waals surface area contributed by atoms with Crippen molar-refractivity contribution >= 4 is 27.5 Å². The minimum absolute atomic E-state index is 0.0382. The van der Waals surface area contributed by atoms with Crippen molar-refractivity contribution in [2.24, 2.45) is 0 Å². The van der Waals surface area contributed by atoms with Crippen LogP contribution < -0.4 is 10.6 Å². The van der Waals surface area contributed by atoms with Gasteiger partial charge < -0.3 is 10.6 Å². The molecular formula is C11H13BrClFN2. The number of benzene rings is 1. The molecule has 1 aliphatic rings. The van der Waals surface area contributed by atoms with Crippen LogP contribution in [0.5, 0.6) is 0 Å². The van der Waals surface area contributed by atoms with Crippen molar-refractivity contribution in [3.63, 3.8) is 0 Å². The Balaban J connectivity index is 2.38. The normalized spacial score (nSPS) is 25.8. The maximum atomic E-state index is 14.0. The molecule has 0 radical (unpaired) electrons. The van der Waals surface area contributed by atoms with Crippen LogP contribution in [0.4, 0.5) is 4.39 Å². The Morgan fingerprint density at radius 1 is 1.38 bits per heavy atom. The van der Waals surface area contributed by atoms with Crippen LogP contribution in [0.1, 0.15) is 18.5 Å². The molecule has 0 bridgehead atoms. The van der Waals surface area contributed by atoms with E-state index in [2.05, 4.69) is 26.6 Å². The highest BCUT2D eigenvalue weighted by Crippen LogP contribution is 2.30. The molecule has 1 aliphatic heterocycles. The molecule has 16 heavy (non-hydrogen) atoms. The highest BCUT2D eigenvalue weighted by atomic mass is 79.9. The third kappa shape index (κ3) is 2.40. The molecule has 88 valence electrons. The first-order valence-corrected chi connectivity index (χ1v) is 6.38. The standard InChI is InChI=1S/C11H13BrClFN2/c1-6-11(16-3-2-15-6)8-4-7(13)5-9(12)10(8)14/h4-6,11,15-16H,2-3H2,1H3/t6-,11+/m0/s1. The lowest BCUT2D eigenvalue weighted by Gasteiger charge is -2.32.